The fraction of sp³-hybridized carbons (Fsp3) is 0.229. The zero-order valence-corrected chi connectivity index (χ0v) is 23.6. The second-order valence-electron chi connectivity index (χ2n) is 11.3. The fourth-order valence-corrected chi connectivity index (χ4v) is 7.00. The van der Waals surface area contributed by atoms with E-state index in [0.29, 0.717) is 24.2 Å². The van der Waals surface area contributed by atoms with Gasteiger partial charge in [0.25, 0.3) is 0 Å². The minimum Gasteiger partial charge on any atom is -0.480 e. The first-order valence-corrected chi connectivity index (χ1v) is 14.7. The third-order valence-electron chi connectivity index (χ3n) is 8.91. The van der Waals surface area contributed by atoms with Crippen molar-refractivity contribution in [2.75, 3.05) is 16.3 Å². The number of piperazine rings is 1. The highest BCUT2D eigenvalue weighted by atomic mass is 16.4. The lowest BCUT2D eigenvalue weighted by molar-refractivity contribution is -0.145. The molecule has 0 spiro atoms. The van der Waals surface area contributed by atoms with E-state index < -0.39 is 18.1 Å². The molecule has 0 radical (unpaired) electrons. The van der Waals surface area contributed by atoms with Gasteiger partial charge in [0.15, 0.2) is 6.04 Å². The minimum absolute atomic E-state index is 0.135. The van der Waals surface area contributed by atoms with Crippen LogP contribution in [0.5, 0.6) is 0 Å². The van der Waals surface area contributed by atoms with Gasteiger partial charge in [0.2, 0.25) is 0 Å². The van der Waals surface area contributed by atoms with Crippen LogP contribution in [-0.4, -0.2) is 57.6 Å². The Morgan fingerprint density at radius 2 is 1.19 bits per heavy atom. The van der Waals surface area contributed by atoms with Crippen molar-refractivity contribution >= 4 is 40.8 Å². The molecule has 3 aliphatic rings. The summed E-state index contributed by atoms with van der Waals surface area (Å²) >= 11 is 0. The molecule has 2 bridgehead atoms. The molecule has 43 heavy (non-hydrogen) atoms. The maximum absolute atomic E-state index is 14.6. The number of fused-ring (bicyclic) bond motifs is 4. The first kappa shape index (κ1) is 26.8. The molecule has 0 saturated carbocycles. The Morgan fingerprint density at radius 1 is 0.674 bits per heavy atom. The molecule has 1 N–H and O–H groups in total. The number of hydrogen-bond acceptors (Lipinski definition) is 3. The van der Waals surface area contributed by atoms with Crippen molar-refractivity contribution < 1.29 is 19.5 Å². The molecule has 0 aliphatic carbocycles. The summed E-state index contributed by atoms with van der Waals surface area (Å²) in [6.45, 7) is 0.135. The monoisotopic (exact) mass is 572 g/mol. The van der Waals surface area contributed by atoms with Crippen LogP contribution in [0.4, 0.5) is 32.3 Å². The predicted octanol–water partition coefficient (Wildman–Crippen LogP) is 6.60. The topological polar surface area (TPSA) is 84.4 Å². The smallest absolute Gasteiger partial charge is 0.330 e. The lowest BCUT2D eigenvalue weighted by atomic mass is 10.0. The summed E-state index contributed by atoms with van der Waals surface area (Å²) in [6, 6.07) is 31.6. The van der Waals surface area contributed by atoms with E-state index in [-0.39, 0.29) is 24.6 Å². The second-order valence-corrected chi connectivity index (χ2v) is 11.3. The minimum atomic E-state index is -1.19. The summed E-state index contributed by atoms with van der Waals surface area (Å²) in [6.07, 6.45) is 2.68. The average molecular weight is 573 g/mol. The lowest BCUT2D eigenvalue weighted by Gasteiger charge is -2.47. The Hall–Kier alpha value is -5.11. The standard InChI is InChI=1S/C35H32N4O4/c40-33(41)32-31-22-21-28(38(31)35(43)37(26-13-3-1-4-14-26)27-15-5-2-6-16-27)23-36(32)34(42)39-29-17-9-7-11-24(29)19-20-25-12-8-10-18-30(25)39/h1-18,28,31-32H,19-23H2,(H,40,41)/t28-,31?,32-/m0/s1. The highest BCUT2D eigenvalue weighted by Crippen LogP contribution is 2.41. The van der Waals surface area contributed by atoms with E-state index in [4.69, 9.17) is 0 Å². The zero-order valence-electron chi connectivity index (χ0n) is 23.6. The molecule has 4 aromatic rings. The summed E-state index contributed by atoms with van der Waals surface area (Å²) in [5.74, 6) is -1.11. The van der Waals surface area contributed by atoms with Crippen molar-refractivity contribution in [1.29, 1.82) is 0 Å². The lowest BCUT2D eigenvalue weighted by Crippen LogP contribution is -2.67. The van der Waals surface area contributed by atoms with E-state index in [9.17, 15) is 19.5 Å². The largest absolute Gasteiger partial charge is 0.480 e. The van der Waals surface area contributed by atoms with Crippen LogP contribution >= 0.6 is 0 Å². The van der Waals surface area contributed by atoms with Crippen molar-refractivity contribution in [3.63, 3.8) is 0 Å². The van der Waals surface area contributed by atoms with Crippen LogP contribution in [0, 0.1) is 0 Å². The van der Waals surface area contributed by atoms with Gasteiger partial charge >= 0.3 is 18.0 Å². The summed E-state index contributed by atoms with van der Waals surface area (Å²) in [5, 5.41) is 10.6. The quantitative estimate of drug-likeness (QED) is 0.300. The number of hydrogen-bond donors (Lipinski definition) is 1. The normalized spacial score (nSPS) is 20.6. The van der Waals surface area contributed by atoms with Crippen LogP contribution in [0.1, 0.15) is 24.0 Å². The van der Waals surface area contributed by atoms with E-state index in [0.717, 1.165) is 35.3 Å². The van der Waals surface area contributed by atoms with E-state index in [1.807, 2.05) is 109 Å². The van der Waals surface area contributed by atoms with Gasteiger partial charge in [-0.2, -0.15) is 0 Å². The number of benzene rings is 4. The Morgan fingerprint density at radius 3 is 1.72 bits per heavy atom. The highest BCUT2D eigenvalue weighted by molar-refractivity contribution is 6.04. The molecule has 3 atom stereocenters. The van der Waals surface area contributed by atoms with Gasteiger partial charge in [-0.15, -0.1) is 0 Å². The molecule has 8 heteroatoms. The molecule has 7 rings (SSSR count). The van der Waals surface area contributed by atoms with Crippen LogP contribution in [0.25, 0.3) is 0 Å². The maximum atomic E-state index is 14.6. The van der Waals surface area contributed by atoms with Gasteiger partial charge < -0.3 is 14.9 Å². The van der Waals surface area contributed by atoms with E-state index in [1.165, 1.54) is 4.90 Å². The number of amides is 4. The molecule has 3 heterocycles. The van der Waals surface area contributed by atoms with E-state index in [2.05, 4.69) is 0 Å². The van der Waals surface area contributed by atoms with Crippen LogP contribution in [0.3, 0.4) is 0 Å². The molecule has 2 saturated heterocycles. The first-order valence-electron chi connectivity index (χ1n) is 14.7. The van der Waals surface area contributed by atoms with E-state index >= 15 is 0 Å². The van der Waals surface area contributed by atoms with Crippen LogP contribution in [0.2, 0.25) is 0 Å². The summed E-state index contributed by atoms with van der Waals surface area (Å²) in [5.41, 5.74) is 5.01. The highest BCUT2D eigenvalue weighted by Gasteiger charge is 2.54. The third kappa shape index (κ3) is 4.59. The first-order chi connectivity index (χ1) is 21.0. The summed E-state index contributed by atoms with van der Waals surface area (Å²) in [7, 11) is 0. The molecule has 3 aliphatic heterocycles. The van der Waals surface area contributed by atoms with Crippen LogP contribution in [-0.2, 0) is 17.6 Å². The van der Waals surface area contributed by atoms with E-state index in [1.54, 1.807) is 14.7 Å². The number of anilines is 4. The van der Waals surface area contributed by atoms with Gasteiger partial charge in [-0.1, -0.05) is 72.8 Å². The molecule has 4 amide bonds. The molecule has 0 aromatic heterocycles. The van der Waals surface area contributed by atoms with Gasteiger partial charge in [-0.25, -0.2) is 14.4 Å². The Labute approximate surface area is 250 Å². The van der Waals surface area contributed by atoms with Crippen LogP contribution < -0.4 is 9.80 Å². The van der Waals surface area contributed by atoms with Crippen molar-refractivity contribution in [2.24, 2.45) is 0 Å². The number of carboxylic acids is 1. The number of rotatable bonds is 3. The van der Waals surface area contributed by atoms with Gasteiger partial charge in [0.05, 0.1) is 34.8 Å². The number of urea groups is 2. The molecule has 8 nitrogen and oxygen atoms in total. The summed E-state index contributed by atoms with van der Waals surface area (Å²) in [4.78, 5) is 48.6. The predicted molar refractivity (Wildman–Crippen MR) is 165 cm³/mol. The molecule has 4 aromatic carbocycles. The number of carbonyl (C=O) groups excluding carboxylic acids is 2. The number of likely N-dealkylation sites (tertiary alicyclic amines) is 1. The molecule has 1 unspecified atom stereocenters. The fourth-order valence-electron chi connectivity index (χ4n) is 7.00. The second kappa shape index (κ2) is 10.9. The number of carbonyl (C=O) groups is 3. The van der Waals surface area contributed by atoms with Gasteiger partial charge in [0.1, 0.15) is 0 Å². The van der Waals surface area contributed by atoms with Gasteiger partial charge in [-0.3, -0.25) is 9.80 Å². The maximum Gasteiger partial charge on any atom is 0.330 e. The van der Waals surface area contributed by atoms with Crippen molar-refractivity contribution in [3.05, 3.63) is 120 Å². The Bertz CT molecular complexity index is 1590. The SMILES string of the molecule is O=C(O)[C@@H]1C2CC[C@@H](CN1C(=O)N1c3ccccc3CCc3ccccc31)N2C(=O)N(c1ccccc1)c1ccccc1. The van der Waals surface area contributed by atoms with Crippen molar-refractivity contribution in [1.82, 2.24) is 9.80 Å². The van der Waals surface area contributed by atoms with Crippen LogP contribution in [0.15, 0.2) is 109 Å². The number of nitrogens with zero attached hydrogens (tertiary/aromatic N) is 4. The number of para-hydroxylation sites is 4. The molecule has 216 valence electrons. The Balaban J connectivity index is 1.27. The third-order valence-corrected chi connectivity index (χ3v) is 8.91. The Kier molecular flexibility index (Phi) is 6.81. The van der Waals surface area contributed by atoms with Crippen molar-refractivity contribution in [2.45, 2.75) is 43.8 Å². The number of aryl methyl sites for hydroxylation is 2. The van der Waals surface area contributed by atoms with Gasteiger partial charge in [0, 0.05) is 6.54 Å². The molecule has 2 fully saturated rings. The zero-order chi connectivity index (χ0) is 29.5. The summed E-state index contributed by atoms with van der Waals surface area (Å²) < 4.78 is 0. The molecular weight excluding hydrogens is 540 g/mol. The van der Waals surface area contributed by atoms with Gasteiger partial charge in [-0.05, 0) is 73.2 Å². The van der Waals surface area contributed by atoms with Crippen molar-refractivity contribution in [3.8, 4) is 0 Å². The molecular formula is C35H32N4O4. The number of aliphatic carboxylic acids is 1. The number of carboxylic acid groups (broad SMARTS) is 1. The average Bonchev–Trinajstić information content (AvgIpc) is 3.23.